The molecule has 0 aliphatic rings. The van der Waals surface area contributed by atoms with Gasteiger partial charge in [-0.1, -0.05) is 40.2 Å². The van der Waals surface area contributed by atoms with Crippen molar-refractivity contribution in [2.75, 3.05) is 19.8 Å². The van der Waals surface area contributed by atoms with Crippen LogP contribution in [-0.2, 0) is 0 Å². The van der Waals surface area contributed by atoms with Crippen LogP contribution >= 0.6 is 0 Å². The third kappa shape index (κ3) is 8.47. The fourth-order valence-electron chi connectivity index (χ4n) is 1.79. The zero-order valence-electron chi connectivity index (χ0n) is 9.91. The van der Waals surface area contributed by atoms with Crippen molar-refractivity contribution in [2.24, 2.45) is 0 Å². The van der Waals surface area contributed by atoms with Gasteiger partial charge in [0.2, 0.25) is 0 Å². The van der Waals surface area contributed by atoms with Gasteiger partial charge >= 0.3 is 0 Å². The highest BCUT2D eigenvalue weighted by atomic mass is 28.2. The lowest BCUT2D eigenvalue weighted by Crippen LogP contribution is -2.35. The molecule has 0 aromatic heterocycles. The third-order valence-corrected chi connectivity index (χ3v) is 4.24. The molecule has 13 heavy (non-hydrogen) atoms. The molecular weight excluding hydrogens is 176 g/mol. The van der Waals surface area contributed by atoms with E-state index in [-0.39, 0.29) is 9.52 Å². The minimum atomic E-state index is 0.0495. The van der Waals surface area contributed by atoms with Crippen LogP contribution in [0.15, 0.2) is 0 Å². The van der Waals surface area contributed by atoms with Gasteiger partial charge in [0.15, 0.2) is 0 Å². The van der Waals surface area contributed by atoms with Crippen molar-refractivity contribution in [3.05, 3.63) is 0 Å². The summed E-state index contributed by atoms with van der Waals surface area (Å²) in [6.07, 6.45) is 0. The van der Waals surface area contributed by atoms with E-state index >= 15 is 0 Å². The van der Waals surface area contributed by atoms with Gasteiger partial charge in [0.1, 0.15) is 0 Å². The maximum atomic E-state index is 3.46. The Bertz CT molecular complexity index is 124. The second-order valence-electron chi connectivity index (χ2n) is 4.97. The maximum Gasteiger partial charge on any atom is 0.0454 e. The van der Waals surface area contributed by atoms with Crippen LogP contribution in [0.2, 0.25) is 10.6 Å². The second kappa shape index (κ2) is 6.57. The summed E-state index contributed by atoms with van der Waals surface area (Å²) >= 11 is 0. The highest BCUT2D eigenvalue weighted by Gasteiger charge is 2.18. The first-order valence-electron chi connectivity index (χ1n) is 5.39. The summed E-state index contributed by atoms with van der Waals surface area (Å²) in [4.78, 5) is 0. The Morgan fingerprint density at radius 3 is 2.31 bits per heavy atom. The van der Waals surface area contributed by atoms with Crippen molar-refractivity contribution >= 4 is 9.52 Å². The van der Waals surface area contributed by atoms with Crippen molar-refractivity contribution in [2.45, 2.75) is 45.2 Å². The summed E-state index contributed by atoms with van der Waals surface area (Å²) in [6.45, 7) is 14.8. The van der Waals surface area contributed by atoms with E-state index < -0.39 is 0 Å². The summed E-state index contributed by atoms with van der Waals surface area (Å²) in [6, 6.07) is 0. The molecular formula is C10H26N2Si. The van der Waals surface area contributed by atoms with Crippen LogP contribution in [0.3, 0.4) is 0 Å². The first kappa shape index (κ1) is 13.1. The fourth-order valence-corrected chi connectivity index (χ4v) is 4.32. The van der Waals surface area contributed by atoms with E-state index in [2.05, 4.69) is 45.3 Å². The van der Waals surface area contributed by atoms with Gasteiger partial charge in [-0.2, -0.15) is 0 Å². The van der Waals surface area contributed by atoms with Crippen molar-refractivity contribution in [3.63, 3.8) is 0 Å². The summed E-state index contributed by atoms with van der Waals surface area (Å²) in [7, 11) is 0.0495. The molecule has 0 saturated heterocycles. The Morgan fingerprint density at radius 2 is 1.85 bits per heavy atom. The molecule has 2 N–H and O–H groups in total. The Hall–Kier alpha value is 0.137. The molecule has 0 unspecified atom stereocenters. The fraction of sp³-hybridized carbons (Fsp3) is 1.00. The van der Waals surface area contributed by atoms with Crippen LogP contribution in [-0.4, -0.2) is 29.3 Å². The summed E-state index contributed by atoms with van der Waals surface area (Å²) in [5.41, 5.74) is 0.927. The van der Waals surface area contributed by atoms with Crippen molar-refractivity contribution < 1.29 is 0 Å². The Labute approximate surface area is 85.7 Å². The highest BCUT2D eigenvalue weighted by molar-refractivity contribution is 6.41. The lowest BCUT2D eigenvalue weighted by Gasteiger charge is -2.26. The van der Waals surface area contributed by atoms with Gasteiger partial charge in [0.05, 0.1) is 0 Å². The lowest BCUT2D eigenvalue weighted by atomic mass is 10.2. The quantitative estimate of drug-likeness (QED) is 0.370. The molecule has 2 nitrogen and oxygen atoms in total. The zero-order valence-corrected chi connectivity index (χ0v) is 11.3. The van der Waals surface area contributed by atoms with Gasteiger partial charge in [0.25, 0.3) is 0 Å². The summed E-state index contributed by atoms with van der Waals surface area (Å²) in [5.74, 6) is 0. The average molecular weight is 202 g/mol. The van der Waals surface area contributed by atoms with Gasteiger partial charge in [0, 0.05) is 16.2 Å². The average Bonchev–Trinajstić information content (AvgIpc) is 1.95. The summed E-state index contributed by atoms with van der Waals surface area (Å²) < 4.78 is 0. The number of hydrogen-bond acceptors (Lipinski definition) is 2. The van der Waals surface area contributed by atoms with E-state index in [1.165, 1.54) is 0 Å². The molecule has 0 aliphatic carbocycles. The minimum Gasteiger partial charge on any atom is -0.305 e. The van der Waals surface area contributed by atoms with E-state index in [1.807, 2.05) is 0 Å². The summed E-state index contributed by atoms with van der Waals surface area (Å²) in [5, 5.41) is 7.29. The number of hydrogen-bond donors (Lipinski definition) is 2. The van der Waals surface area contributed by atoms with Crippen molar-refractivity contribution in [1.29, 1.82) is 0 Å². The lowest BCUT2D eigenvalue weighted by molar-refractivity contribution is 0.527. The molecule has 0 spiro atoms. The molecule has 0 atom stereocenters. The minimum absolute atomic E-state index is 0.0495. The van der Waals surface area contributed by atoms with E-state index in [0.29, 0.717) is 5.04 Å². The molecule has 0 aromatic rings. The molecule has 0 aliphatic heterocycles. The molecule has 0 bridgehead atoms. The number of rotatable bonds is 7. The SMILES string of the molecule is CCNCNCC(C)(C)[SiH2]C(C)C. The first-order chi connectivity index (χ1) is 5.98. The molecule has 0 aromatic carbocycles. The number of nitrogens with one attached hydrogen (secondary N) is 2. The molecule has 0 fully saturated rings. The molecule has 0 amide bonds. The highest BCUT2D eigenvalue weighted by Crippen LogP contribution is 2.25. The van der Waals surface area contributed by atoms with E-state index in [0.717, 1.165) is 25.3 Å². The van der Waals surface area contributed by atoms with Crippen LogP contribution in [0.4, 0.5) is 0 Å². The topological polar surface area (TPSA) is 24.1 Å². The van der Waals surface area contributed by atoms with Gasteiger partial charge in [-0.05, 0) is 18.1 Å². The van der Waals surface area contributed by atoms with Crippen LogP contribution in [0.5, 0.6) is 0 Å². The second-order valence-corrected chi connectivity index (χ2v) is 8.92. The van der Waals surface area contributed by atoms with Gasteiger partial charge in [-0.25, -0.2) is 0 Å². The maximum absolute atomic E-state index is 3.46. The van der Waals surface area contributed by atoms with Crippen LogP contribution < -0.4 is 10.6 Å². The van der Waals surface area contributed by atoms with Crippen LogP contribution in [0.25, 0.3) is 0 Å². The van der Waals surface area contributed by atoms with Gasteiger partial charge in [-0.3, -0.25) is 0 Å². The van der Waals surface area contributed by atoms with E-state index in [4.69, 9.17) is 0 Å². The zero-order chi connectivity index (χ0) is 10.3. The smallest absolute Gasteiger partial charge is 0.0454 e. The van der Waals surface area contributed by atoms with Gasteiger partial charge in [-0.15, -0.1) is 0 Å². The molecule has 0 radical (unpaired) electrons. The Kier molecular flexibility index (Phi) is 6.64. The van der Waals surface area contributed by atoms with Crippen molar-refractivity contribution in [3.8, 4) is 0 Å². The molecule has 0 rings (SSSR count). The standard InChI is InChI=1S/C10H26N2Si/c1-6-11-8-12-7-10(4,5)13-9(2)3/h9,11-12H,6-8,13H2,1-5H3. The predicted octanol–water partition coefficient (Wildman–Crippen LogP) is 1.34. The predicted molar refractivity (Wildman–Crippen MR) is 64.2 cm³/mol. The molecule has 0 heterocycles. The van der Waals surface area contributed by atoms with Gasteiger partial charge < -0.3 is 10.6 Å². The largest absolute Gasteiger partial charge is 0.305 e. The van der Waals surface area contributed by atoms with Crippen LogP contribution in [0.1, 0.15) is 34.6 Å². The Morgan fingerprint density at radius 1 is 1.23 bits per heavy atom. The molecule has 0 saturated carbocycles. The molecule has 3 heteroatoms. The third-order valence-electron chi connectivity index (χ3n) is 2.06. The molecule has 80 valence electrons. The Balaban J connectivity index is 3.50. The van der Waals surface area contributed by atoms with E-state index in [9.17, 15) is 0 Å². The van der Waals surface area contributed by atoms with E-state index in [1.54, 1.807) is 0 Å². The van der Waals surface area contributed by atoms with Crippen LogP contribution in [0, 0.1) is 0 Å². The van der Waals surface area contributed by atoms with Crippen molar-refractivity contribution in [1.82, 2.24) is 10.6 Å². The monoisotopic (exact) mass is 202 g/mol. The normalized spacial score (nSPS) is 13.4. The first-order valence-corrected chi connectivity index (χ1v) is 6.91.